The summed E-state index contributed by atoms with van der Waals surface area (Å²) in [4.78, 5) is 13.6. The molecule has 18 heavy (non-hydrogen) atoms. The monoisotopic (exact) mass is 232 g/mol. The molecule has 0 aliphatic carbocycles. The normalized spacial score (nSPS) is 11.6. The quantitative estimate of drug-likeness (QED) is 0.419. The largest absolute Gasteiger partial charge is 0.274 e. The van der Waals surface area contributed by atoms with Crippen LogP contribution < -0.4 is 5.59 Å². The van der Waals surface area contributed by atoms with Crippen LogP contribution in [-0.4, -0.2) is 27.2 Å². The van der Waals surface area contributed by atoms with Gasteiger partial charge in [-0.05, 0) is 24.3 Å². The van der Waals surface area contributed by atoms with Crippen LogP contribution >= 0.6 is 0 Å². The second kappa shape index (κ2) is 3.29. The van der Waals surface area contributed by atoms with Gasteiger partial charge in [-0.1, -0.05) is 12.1 Å². The molecule has 0 N–H and O–H groups in total. The van der Waals surface area contributed by atoms with Crippen LogP contribution in [-0.2, 0) is 0 Å². The molecule has 1 aromatic carbocycles. The molecule has 0 fully saturated rings. The second-order valence-electron chi connectivity index (χ2n) is 4.30. The molecule has 0 amide bonds. The molecular weight excluding hydrogens is 223 g/mol. The first-order valence-corrected chi connectivity index (χ1v) is 5.83. The van der Waals surface area contributed by atoms with Crippen molar-refractivity contribution in [2.75, 3.05) is 0 Å². The average molecular weight is 232 g/mol. The highest BCUT2D eigenvalue weighted by molar-refractivity contribution is 6.35. The summed E-state index contributed by atoms with van der Waals surface area (Å²) < 4.78 is 2.08. The Morgan fingerprint density at radius 1 is 0.889 bits per heavy atom. The van der Waals surface area contributed by atoms with Crippen LogP contribution in [0.1, 0.15) is 0 Å². The van der Waals surface area contributed by atoms with E-state index in [1.165, 1.54) is 0 Å². The summed E-state index contributed by atoms with van der Waals surface area (Å²) in [5.41, 5.74) is 5.59. The SMILES string of the molecule is Bc1nc2cccnc2n2c1nc1ccccc12. The van der Waals surface area contributed by atoms with Gasteiger partial charge in [-0.15, -0.1) is 0 Å². The minimum Gasteiger partial charge on any atom is -0.274 e. The molecule has 0 spiro atoms. The van der Waals surface area contributed by atoms with Crippen molar-refractivity contribution in [1.82, 2.24) is 19.4 Å². The van der Waals surface area contributed by atoms with Crippen molar-refractivity contribution in [3.05, 3.63) is 42.6 Å². The molecule has 4 rings (SSSR count). The maximum Gasteiger partial charge on any atom is 0.169 e. The Morgan fingerprint density at radius 3 is 2.67 bits per heavy atom. The van der Waals surface area contributed by atoms with Gasteiger partial charge in [0.15, 0.2) is 19.1 Å². The Morgan fingerprint density at radius 2 is 1.72 bits per heavy atom. The van der Waals surface area contributed by atoms with Crippen LogP contribution in [0.15, 0.2) is 42.6 Å². The molecule has 0 unspecified atom stereocenters. The summed E-state index contributed by atoms with van der Waals surface area (Å²) in [7, 11) is 1.98. The lowest BCUT2D eigenvalue weighted by atomic mass is 10.1. The lowest BCUT2D eigenvalue weighted by Gasteiger charge is -2.03. The second-order valence-corrected chi connectivity index (χ2v) is 4.30. The van der Waals surface area contributed by atoms with Gasteiger partial charge in [0.05, 0.1) is 11.0 Å². The van der Waals surface area contributed by atoms with E-state index >= 15 is 0 Å². The topological polar surface area (TPSA) is 43.1 Å². The molecule has 5 heteroatoms. The predicted molar refractivity (Wildman–Crippen MR) is 74.0 cm³/mol. The van der Waals surface area contributed by atoms with Gasteiger partial charge in [0, 0.05) is 11.8 Å². The molecule has 3 heterocycles. The van der Waals surface area contributed by atoms with E-state index in [9.17, 15) is 0 Å². The molecule has 0 radical (unpaired) electrons. The third kappa shape index (κ3) is 1.13. The highest BCUT2D eigenvalue weighted by atomic mass is 15.1. The molecule has 0 aliphatic heterocycles. The maximum absolute atomic E-state index is 4.63. The summed E-state index contributed by atoms with van der Waals surface area (Å²) in [5, 5.41) is 0. The minimum absolute atomic E-state index is 0.854. The summed E-state index contributed by atoms with van der Waals surface area (Å²) in [6.07, 6.45) is 1.79. The number of fused-ring (bicyclic) bond motifs is 5. The molecule has 0 bridgehead atoms. The lowest BCUT2D eigenvalue weighted by molar-refractivity contribution is 1.20. The van der Waals surface area contributed by atoms with Gasteiger partial charge < -0.3 is 0 Å². The van der Waals surface area contributed by atoms with Crippen LogP contribution in [0.2, 0.25) is 0 Å². The number of hydrogen-bond donors (Lipinski definition) is 0. The van der Waals surface area contributed by atoms with E-state index < -0.39 is 0 Å². The smallest absolute Gasteiger partial charge is 0.169 e. The van der Waals surface area contributed by atoms with Gasteiger partial charge in [-0.25, -0.2) is 9.97 Å². The Bertz CT molecular complexity index is 897. The van der Waals surface area contributed by atoms with E-state index in [2.05, 4.69) is 25.4 Å². The van der Waals surface area contributed by atoms with Gasteiger partial charge in [0.1, 0.15) is 5.52 Å². The molecule has 3 aromatic heterocycles. The fraction of sp³-hybridized carbons (Fsp3) is 0. The summed E-state index contributed by atoms with van der Waals surface area (Å²) >= 11 is 0. The zero-order chi connectivity index (χ0) is 12.1. The van der Waals surface area contributed by atoms with E-state index in [0.717, 1.165) is 33.4 Å². The van der Waals surface area contributed by atoms with E-state index in [0.29, 0.717) is 0 Å². The molecule has 0 saturated carbocycles. The Labute approximate surface area is 104 Å². The highest BCUT2D eigenvalue weighted by Gasteiger charge is 2.11. The molecule has 0 aliphatic rings. The molecule has 4 aromatic rings. The van der Waals surface area contributed by atoms with Crippen LogP contribution in [0.25, 0.3) is 27.8 Å². The van der Waals surface area contributed by atoms with Crippen molar-refractivity contribution >= 4 is 41.3 Å². The number of nitrogens with zero attached hydrogens (tertiary/aromatic N) is 4. The molecular formula is C13H9BN4. The van der Waals surface area contributed by atoms with E-state index in [1.807, 2.05) is 38.2 Å². The fourth-order valence-corrected chi connectivity index (χ4v) is 2.36. The number of imidazole rings is 1. The predicted octanol–water partition coefficient (Wildman–Crippen LogP) is 0.689. The number of pyridine rings is 1. The first kappa shape index (κ1) is 9.59. The summed E-state index contributed by atoms with van der Waals surface area (Å²) in [6, 6.07) is 12.0. The van der Waals surface area contributed by atoms with Gasteiger partial charge in [0.2, 0.25) is 0 Å². The minimum atomic E-state index is 0.854. The van der Waals surface area contributed by atoms with Crippen molar-refractivity contribution in [3.63, 3.8) is 0 Å². The third-order valence-corrected chi connectivity index (χ3v) is 3.15. The first-order valence-electron chi connectivity index (χ1n) is 5.83. The zero-order valence-electron chi connectivity index (χ0n) is 9.83. The number of hydrogen-bond acceptors (Lipinski definition) is 3. The summed E-state index contributed by atoms with van der Waals surface area (Å²) in [6.45, 7) is 0. The van der Waals surface area contributed by atoms with Gasteiger partial charge in [-0.3, -0.25) is 9.38 Å². The third-order valence-electron chi connectivity index (χ3n) is 3.15. The Kier molecular flexibility index (Phi) is 1.75. The Hall–Kier alpha value is -2.43. The standard InChI is InChI=1S/C13H9BN4/c14-11-13-17-8-4-1-2-6-10(8)18(13)12-9(16-11)5-3-7-15-12/h1-7H,14H2. The van der Waals surface area contributed by atoms with Crippen LogP contribution in [0.4, 0.5) is 0 Å². The maximum atomic E-state index is 4.63. The zero-order valence-corrected chi connectivity index (χ0v) is 9.83. The molecule has 0 atom stereocenters. The van der Waals surface area contributed by atoms with Crippen molar-refractivity contribution < 1.29 is 0 Å². The van der Waals surface area contributed by atoms with Gasteiger partial charge in [-0.2, -0.15) is 0 Å². The van der Waals surface area contributed by atoms with E-state index in [-0.39, 0.29) is 0 Å². The lowest BCUT2D eigenvalue weighted by Crippen LogP contribution is -2.14. The molecule has 84 valence electrons. The van der Waals surface area contributed by atoms with Gasteiger partial charge in [0.25, 0.3) is 0 Å². The van der Waals surface area contributed by atoms with Crippen LogP contribution in [0.3, 0.4) is 0 Å². The molecule has 0 saturated heterocycles. The van der Waals surface area contributed by atoms with Gasteiger partial charge >= 0.3 is 0 Å². The Balaban J connectivity index is 2.41. The van der Waals surface area contributed by atoms with Crippen molar-refractivity contribution in [1.29, 1.82) is 0 Å². The first-order chi connectivity index (χ1) is 8.84. The van der Waals surface area contributed by atoms with E-state index in [1.54, 1.807) is 6.20 Å². The van der Waals surface area contributed by atoms with Crippen LogP contribution in [0, 0.1) is 0 Å². The van der Waals surface area contributed by atoms with Crippen LogP contribution in [0.5, 0.6) is 0 Å². The van der Waals surface area contributed by atoms with E-state index in [4.69, 9.17) is 0 Å². The van der Waals surface area contributed by atoms with Crippen molar-refractivity contribution in [3.8, 4) is 0 Å². The number of para-hydroxylation sites is 2. The number of aromatic nitrogens is 4. The summed E-state index contributed by atoms with van der Waals surface area (Å²) in [5.74, 6) is 0. The molecule has 4 nitrogen and oxygen atoms in total. The van der Waals surface area contributed by atoms with Crippen molar-refractivity contribution in [2.45, 2.75) is 0 Å². The van der Waals surface area contributed by atoms with Crippen molar-refractivity contribution in [2.24, 2.45) is 0 Å². The number of benzene rings is 1. The highest BCUT2D eigenvalue weighted by Crippen LogP contribution is 2.18. The average Bonchev–Trinajstić information content (AvgIpc) is 2.79. The fourth-order valence-electron chi connectivity index (χ4n) is 2.36. The number of rotatable bonds is 0.